The first-order valence-corrected chi connectivity index (χ1v) is 13.9. The van der Waals surface area contributed by atoms with Crippen molar-refractivity contribution in [1.82, 2.24) is 9.80 Å². The Kier molecular flexibility index (Phi) is 9.00. The Bertz CT molecular complexity index is 1350. The molecule has 0 saturated heterocycles. The molecule has 0 radical (unpaired) electrons. The third kappa shape index (κ3) is 5.69. The molecule has 3 aromatic rings. The van der Waals surface area contributed by atoms with Crippen LogP contribution in [-0.4, -0.2) is 55.1 Å². The van der Waals surface area contributed by atoms with Gasteiger partial charge in [0.2, 0.25) is 5.76 Å². The Morgan fingerprint density at radius 2 is 1.79 bits per heavy atom. The number of hydrogen-bond acceptors (Lipinski definition) is 6. The number of amides is 1. The predicted molar refractivity (Wildman–Crippen MR) is 151 cm³/mol. The van der Waals surface area contributed by atoms with Gasteiger partial charge in [-0.15, -0.1) is 0 Å². The van der Waals surface area contributed by atoms with E-state index in [-0.39, 0.29) is 17.1 Å². The van der Waals surface area contributed by atoms with Gasteiger partial charge in [-0.1, -0.05) is 45.4 Å². The van der Waals surface area contributed by atoms with Crippen molar-refractivity contribution < 1.29 is 18.7 Å². The number of hydrogen-bond donors (Lipinski definition) is 0. The maximum Gasteiger partial charge on any atom is 0.290 e. The van der Waals surface area contributed by atoms with Crippen molar-refractivity contribution in [2.75, 3.05) is 39.4 Å². The summed E-state index contributed by atoms with van der Waals surface area (Å²) in [5.41, 5.74) is 1.20. The minimum absolute atomic E-state index is 0.0876. The summed E-state index contributed by atoms with van der Waals surface area (Å²) in [7, 11) is 0. The molecule has 1 aliphatic rings. The van der Waals surface area contributed by atoms with Crippen LogP contribution in [0.2, 0.25) is 5.02 Å². The Morgan fingerprint density at radius 3 is 2.47 bits per heavy atom. The van der Waals surface area contributed by atoms with E-state index in [1.54, 1.807) is 23.1 Å². The number of nitrogens with zero attached hydrogens (tertiary/aromatic N) is 2. The lowest BCUT2D eigenvalue weighted by Crippen LogP contribution is -2.37. The molecule has 2 aromatic carbocycles. The molecule has 1 aromatic heterocycles. The van der Waals surface area contributed by atoms with Crippen LogP contribution in [-0.2, 0) is 0 Å². The number of likely N-dealkylation sites (N-methyl/N-ethyl adjacent to an activating group) is 1. The van der Waals surface area contributed by atoms with Crippen LogP contribution in [0.25, 0.3) is 11.0 Å². The highest BCUT2D eigenvalue weighted by Gasteiger charge is 2.43. The van der Waals surface area contributed by atoms with Crippen molar-refractivity contribution in [3.05, 3.63) is 68.5 Å². The zero-order chi connectivity index (χ0) is 27.4. The normalized spacial score (nSPS) is 15.1. The summed E-state index contributed by atoms with van der Waals surface area (Å²) in [4.78, 5) is 31.5. The molecule has 1 amide bonds. The third-order valence-electron chi connectivity index (χ3n) is 7.02. The second-order valence-electron chi connectivity index (χ2n) is 9.91. The van der Waals surface area contributed by atoms with Gasteiger partial charge in [-0.05, 0) is 68.2 Å². The fourth-order valence-corrected chi connectivity index (χ4v) is 5.02. The van der Waals surface area contributed by atoms with E-state index in [2.05, 4.69) is 32.6 Å². The average Bonchev–Trinajstić information content (AvgIpc) is 3.17. The summed E-state index contributed by atoms with van der Waals surface area (Å²) in [5, 5.41) is 0.795. The third-order valence-corrected chi connectivity index (χ3v) is 7.25. The van der Waals surface area contributed by atoms with Crippen LogP contribution in [0.1, 0.15) is 68.8 Å². The number of ether oxygens (including phenoxy) is 2. The van der Waals surface area contributed by atoms with Crippen LogP contribution in [0.5, 0.6) is 11.5 Å². The lowest BCUT2D eigenvalue weighted by molar-refractivity contribution is 0.0708. The average molecular weight is 541 g/mol. The smallest absolute Gasteiger partial charge is 0.290 e. The molecule has 4 rings (SSSR count). The number of benzene rings is 2. The van der Waals surface area contributed by atoms with E-state index in [0.717, 1.165) is 25.1 Å². The SMILES string of the molecule is CCOc1cc(C2c3c(oc4ccc(Cl)cc4c3=O)C(=O)N2CCN(CC)CC)ccc1OCCC(C)C. The molecule has 1 unspecified atom stereocenters. The van der Waals surface area contributed by atoms with E-state index in [9.17, 15) is 9.59 Å². The Morgan fingerprint density at radius 1 is 1.03 bits per heavy atom. The first-order valence-electron chi connectivity index (χ1n) is 13.5. The van der Waals surface area contributed by atoms with Crippen molar-refractivity contribution in [3.63, 3.8) is 0 Å². The summed E-state index contributed by atoms with van der Waals surface area (Å²) in [6.07, 6.45) is 0.924. The molecule has 0 spiro atoms. The molecule has 1 aliphatic heterocycles. The zero-order valence-corrected chi connectivity index (χ0v) is 23.6. The summed E-state index contributed by atoms with van der Waals surface area (Å²) in [6.45, 7) is 14.3. The summed E-state index contributed by atoms with van der Waals surface area (Å²) >= 11 is 6.21. The molecular weight excluding hydrogens is 504 g/mol. The Balaban J connectivity index is 1.82. The van der Waals surface area contributed by atoms with Crippen LogP contribution in [0.4, 0.5) is 0 Å². The lowest BCUT2D eigenvalue weighted by atomic mass is 9.98. The molecule has 2 heterocycles. The number of halogens is 1. The summed E-state index contributed by atoms with van der Waals surface area (Å²) in [5.74, 6) is 1.55. The van der Waals surface area contributed by atoms with E-state index in [0.29, 0.717) is 65.3 Å². The highest BCUT2D eigenvalue weighted by Crippen LogP contribution is 2.41. The number of carbonyl (C=O) groups is 1. The van der Waals surface area contributed by atoms with Gasteiger partial charge in [0, 0.05) is 18.1 Å². The van der Waals surface area contributed by atoms with Gasteiger partial charge in [-0.2, -0.15) is 0 Å². The predicted octanol–water partition coefficient (Wildman–Crippen LogP) is 6.16. The maximum atomic E-state index is 13.8. The molecule has 7 nitrogen and oxygen atoms in total. The largest absolute Gasteiger partial charge is 0.490 e. The minimum atomic E-state index is -0.614. The van der Waals surface area contributed by atoms with Gasteiger partial charge in [0.25, 0.3) is 5.91 Å². The summed E-state index contributed by atoms with van der Waals surface area (Å²) < 4.78 is 18.0. The Hall–Kier alpha value is -3.03. The quantitative estimate of drug-likeness (QED) is 0.274. The van der Waals surface area contributed by atoms with E-state index < -0.39 is 6.04 Å². The molecule has 0 saturated carbocycles. The second-order valence-corrected chi connectivity index (χ2v) is 10.3. The van der Waals surface area contributed by atoms with E-state index in [4.69, 9.17) is 25.5 Å². The first kappa shape index (κ1) is 28.0. The van der Waals surface area contributed by atoms with Gasteiger partial charge in [0.15, 0.2) is 16.9 Å². The van der Waals surface area contributed by atoms with E-state index in [1.807, 2.05) is 25.1 Å². The molecule has 0 fully saturated rings. The van der Waals surface area contributed by atoms with Gasteiger partial charge >= 0.3 is 0 Å². The number of rotatable bonds is 12. The van der Waals surface area contributed by atoms with Crippen molar-refractivity contribution in [1.29, 1.82) is 0 Å². The monoisotopic (exact) mass is 540 g/mol. The maximum absolute atomic E-state index is 13.8. The number of fused-ring (bicyclic) bond motifs is 2. The second kappa shape index (κ2) is 12.2. The van der Waals surface area contributed by atoms with Crippen LogP contribution in [0, 0.1) is 5.92 Å². The fourth-order valence-electron chi connectivity index (χ4n) is 4.85. The molecular formula is C30H37ClN2O5. The van der Waals surface area contributed by atoms with E-state index >= 15 is 0 Å². The van der Waals surface area contributed by atoms with Gasteiger partial charge in [0.1, 0.15) is 5.58 Å². The standard InChI is InChI=1S/C30H37ClN2O5/c1-6-32(7-2)14-15-33-27(20-9-11-24(25(17-20)36-8-3)37-16-13-19(4)5)26-28(34)22-18-21(31)10-12-23(22)38-29(26)30(33)35/h9-12,17-19,27H,6-8,13-16H2,1-5H3. The molecule has 0 aliphatic carbocycles. The van der Waals surface area contributed by atoms with Gasteiger partial charge in [-0.3, -0.25) is 9.59 Å². The summed E-state index contributed by atoms with van der Waals surface area (Å²) in [6, 6.07) is 9.93. The number of carbonyl (C=O) groups excluding carboxylic acids is 1. The van der Waals surface area contributed by atoms with Crippen molar-refractivity contribution >= 4 is 28.5 Å². The van der Waals surface area contributed by atoms with Crippen molar-refractivity contribution in [2.24, 2.45) is 5.92 Å². The van der Waals surface area contributed by atoms with Crippen LogP contribution in [0.15, 0.2) is 45.6 Å². The lowest BCUT2D eigenvalue weighted by Gasteiger charge is -2.28. The van der Waals surface area contributed by atoms with E-state index in [1.165, 1.54) is 0 Å². The van der Waals surface area contributed by atoms with Crippen molar-refractivity contribution in [3.8, 4) is 11.5 Å². The van der Waals surface area contributed by atoms with Gasteiger partial charge < -0.3 is 23.7 Å². The molecule has 8 heteroatoms. The highest BCUT2D eigenvalue weighted by molar-refractivity contribution is 6.31. The van der Waals surface area contributed by atoms with Gasteiger partial charge in [-0.25, -0.2) is 0 Å². The fraction of sp³-hybridized carbons (Fsp3) is 0.467. The van der Waals surface area contributed by atoms with Crippen LogP contribution >= 0.6 is 11.6 Å². The molecule has 0 bridgehead atoms. The van der Waals surface area contributed by atoms with Gasteiger partial charge in [0.05, 0.1) is 30.2 Å². The molecule has 0 N–H and O–H groups in total. The molecule has 204 valence electrons. The van der Waals surface area contributed by atoms with Crippen LogP contribution in [0.3, 0.4) is 0 Å². The Labute approximate surface area is 229 Å². The topological polar surface area (TPSA) is 72.2 Å². The zero-order valence-electron chi connectivity index (χ0n) is 22.9. The van der Waals surface area contributed by atoms with Crippen LogP contribution < -0.4 is 14.9 Å². The molecule has 38 heavy (non-hydrogen) atoms. The molecule has 1 atom stereocenters. The highest BCUT2D eigenvalue weighted by atomic mass is 35.5. The minimum Gasteiger partial charge on any atom is -0.490 e. The first-order chi connectivity index (χ1) is 18.3. The van der Waals surface area contributed by atoms with Crippen molar-refractivity contribution in [2.45, 2.75) is 47.1 Å².